The van der Waals surface area contributed by atoms with Gasteiger partial charge in [-0.2, -0.15) is 5.10 Å². The summed E-state index contributed by atoms with van der Waals surface area (Å²) in [4.78, 5) is 28.9. The van der Waals surface area contributed by atoms with Gasteiger partial charge in [0.1, 0.15) is 6.33 Å². The van der Waals surface area contributed by atoms with E-state index in [1.807, 2.05) is 60.7 Å². The molecule has 230 valence electrons. The predicted molar refractivity (Wildman–Crippen MR) is 169 cm³/mol. The summed E-state index contributed by atoms with van der Waals surface area (Å²) in [6, 6.07) is 22.3. The molecule has 0 unspecified atom stereocenters. The summed E-state index contributed by atoms with van der Waals surface area (Å²) >= 11 is 1.54. The number of para-hydroxylation sites is 2. The van der Waals surface area contributed by atoms with Crippen LogP contribution < -0.4 is 16.4 Å². The van der Waals surface area contributed by atoms with Crippen LogP contribution in [0.1, 0.15) is 61.2 Å². The fourth-order valence-corrected chi connectivity index (χ4v) is 5.60. The summed E-state index contributed by atoms with van der Waals surface area (Å²) in [5.74, 6) is 0.414. The highest BCUT2D eigenvalue weighted by atomic mass is 32.2. The van der Waals surface area contributed by atoms with E-state index in [4.69, 9.17) is 15.2 Å². The molecule has 3 aromatic carbocycles. The Bertz CT molecular complexity index is 1500. The Balaban J connectivity index is 1.12. The molecule has 5 rings (SSSR count). The Kier molecular flexibility index (Phi) is 11.0. The quantitative estimate of drug-likeness (QED) is 0.0756. The minimum absolute atomic E-state index is 0.0152. The van der Waals surface area contributed by atoms with Gasteiger partial charge in [-0.1, -0.05) is 60.3 Å². The zero-order valence-electron chi connectivity index (χ0n) is 24.1. The number of nitrogens with one attached hydrogen (secondary N) is 3. The SMILES string of the molecule is Nc1ccccc1NC(=O)CCCCC(=O)Nc1ccc([C@@H]2O[C@H](CSc3ncn[nH]3)C[C@H](c3ccc(CO)cc3)O2)cc1. The molecule has 1 fully saturated rings. The Labute approximate surface area is 260 Å². The lowest BCUT2D eigenvalue weighted by Crippen LogP contribution is -2.31. The molecule has 1 aliphatic rings. The van der Waals surface area contributed by atoms with Gasteiger partial charge >= 0.3 is 0 Å². The van der Waals surface area contributed by atoms with Gasteiger partial charge in [-0.25, -0.2) is 4.98 Å². The lowest BCUT2D eigenvalue weighted by Gasteiger charge is -2.36. The number of aromatic nitrogens is 3. The Hall–Kier alpha value is -4.23. The third kappa shape index (κ3) is 8.89. The molecular weight excluding hydrogens is 580 g/mol. The number of carbonyl (C=O) groups is 2. The van der Waals surface area contributed by atoms with E-state index in [-0.39, 0.29) is 30.6 Å². The summed E-state index contributed by atoms with van der Waals surface area (Å²) in [6.07, 6.45) is 3.00. The van der Waals surface area contributed by atoms with Crippen molar-refractivity contribution in [1.82, 2.24) is 15.2 Å². The predicted octanol–water partition coefficient (Wildman–Crippen LogP) is 5.35. The number of unbranched alkanes of at least 4 members (excludes halogenated alkanes) is 1. The maximum atomic E-state index is 12.5. The van der Waals surface area contributed by atoms with Crippen molar-refractivity contribution in [3.05, 3.63) is 95.8 Å². The van der Waals surface area contributed by atoms with Gasteiger partial charge in [0.2, 0.25) is 11.8 Å². The van der Waals surface area contributed by atoms with E-state index in [2.05, 4.69) is 25.8 Å². The van der Waals surface area contributed by atoms with Gasteiger partial charge in [0.15, 0.2) is 11.4 Å². The van der Waals surface area contributed by atoms with Crippen LogP contribution >= 0.6 is 11.8 Å². The second-order valence-corrected chi connectivity index (χ2v) is 11.5. The molecule has 2 amide bonds. The van der Waals surface area contributed by atoms with E-state index < -0.39 is 6.29 Å². The molecule has 6 N–H and O–H groups in total. The van der Waals surface area contributed by atoms with E-state index in [0.29, 0.717) is 54.9 Å². The molecule has 4 aromatic rings. The van der Waals surface area contributed by atoms with Gasteiger partial charge in [0.25, 0.3) is 0 Å². The van der Waals surface area contributed by atoms with Crippen LogP contribution in [-0.4, -0.2) is 44.0 Å². The zero-order valence-corrected chi connectivity index (χ0v) is 25.0. The number of anilines is 3. The first-order chi connectivity index (χ1) is 21.5. The number of hydrogen-bond acceptors (Lipinski definition) is 9. The molecule has 1 saturated heterocycles. The number of aliphatic hydroxyl groups excluding tert-OH is 1. The topological polar surface area (TPSA) is 164 Å². The lowest BCUT2D eigenvalue weighted by atomic mass is 10.0. The monoisotopic (exact) mass is 616 g/mol. The minimum Gasteiger partial charge on any atom is -0.397 e. The molecule has 0 saturated carbocycles. The number of amides is 2. The molecule has 12 heteroatoms. The first-order valence-electron chi connectivity index (χ1n) is 14.5. The molecule has 1 aromatic heterocycles. The van der Waals surface area contributed by atoms with Crippen LogP contribution in [0.3, 0.4) is 0 Å². The van der Waals surface area contributed by atoms with Crippen molar-refractivity contribution in [3.8, 4) is 0 Å². The van der Waals surface area contributed by atoms with Gasteiger partial charge < -0.3 is 30.9 Å². The van der Waals surface area contributed by atoms with Gasteiger partial charge in [0.05, 0.1) is 30.2 Å². The van der Waals surface area contributed by atoms with Crippen LogP contribution in [0, 0.1) is 0 Å². The molecule has 3 atom stereocenters. The van der Waals surface area contributed by atoms with Crippen LogP contribution in [0.2, 0.25) is 0 Å². The number of H-pyrrole nitrogens is 1. The smallest absolute Gasteiger partial charge is 0.224 e. The largest absolute Gasteiger partial charge is 0.397 e. The van der Waals surface area contributed by atoms with Crippen LogP contribution in [0.4, 0.5) is 17.1 Å². The normalized spacial score (nSPS) is 18.1. The van der Waals surface area contributed by atoms with E-state index in [0.717, 1.165) is 21.8 Å². The molecule has 2 heterocycles. The van der Waals surface area contributed by atoms with Crippen LogP contribution in [0.5, 0.6) is 0 Å². The van der Waals surface area contributed by atoms with Crippen LogP contribution in [0.25, 0.3) is 0 Å². The van der Waals surface area contributed by atoms with Crippen LogP contribution in [-0.2, 0) is 25.7 Å². The van der Waals surface area contributed by atoms with E-state index in [1.165, 1.54) is 18.1 Å². The molecule has 0 bridgehead atoms. The number of nitrogen functional groups attached to an aromatic ring is 1. The number of rotatable bonds is 13. The number of aromatic amines is 1. The number of carbonyl (C=O) groups excluding carboxylic acids is 2. The van der Waals surface area contributed by atoms with Crippen molar-refractivity contribution >= 4 is 40.6 Å². The summed E-state index contributed by atoms with van der Waals surface area (Å²) in [6.45, 7) is -0.0152. The van der Waals surface area contributed by atoms with Gasteiger partial charge in [-0.3, -0.25) is 14.7 Å². The molecular formula is C32H36N6O5S. The number of benzene rings is 3. The first kappa shape index (κ1) is 31.2. The lowest BCUT2D eigenvalue weighted by molar-refractivity contribution is -0.245. The van der Waals surface area contributed by atoms with Crippen molar-refractivity contribution in [2.45, 2.75) is 62.4 Å². The zero-order chi connectivity index (χ0) is 30.7. The van der Waals surface area contributed by atoms with Gasteiger partial charge in [0, 0.05) is 36.3 Å². The third-order valence-electron chi connectivity index (χ3n) is 7.17. The van der Waals surface area contributed by atoms with Crippen LogP contribution in [0.15, 0.2) is 84.3 Å². The Morgan fingerprint density at radius 2 is 1.64 bits per heavy atom. The van der Waals surface area contributed by atoms with Crippen molar-refractivity contribution in [1.29, 1.82) is 0 Å². The second kappa shape index (κ2) is 15.5. The maximum absolute atomic E-state index is 12.5. The molecule has 44 heavy (non-hydrogen) atoms. The van der Waals surface area contributed by atoms with E-state index in [1.54, 1.807) is 12.1 Å². The van der Waals surface area contributed by atoms with Crippen molar-refractivity contribution in [3.63, 3.8) is 0 Å². The number of nitrogens with zero attached hydrogens (tertiary/aromatic N) is 2. The summed E-state index contributed by atoms with van der Waals surface area (Å²) in [5.41, 5.74) is 10.3. The summed E-state index contributed by atoms with van der Waals surface area (Å²) < 4.78 is 12.7. The summed E-state index contributed by atoms with van der Waals surface area (Å²) in [5, 5.41) is 22.6. The van der Waals surface area contributed by atoms with Crippen molar-refractivity contribution in [2.75, 3.05) is 22.1 Å². The second-order valence-electron chi connectivity index (χ2n) is 10.5. The molecule has 1 aliphatic heterocycles. The van der Waals surface area contributed by atoms with E-state index >= 15 is 0 Å². The standard InChI is InChI=1S/C32H36N6O5S/c33-26-5-1-2-6-27(26)37-30(41)8-4-3-7-29(40)36-24-15-13-23(14-16-24)31-42-25(19-44-32-34-20-35-38-32)17-28(43-31)22-11-9-21(18-39)10-12-22/h1-2,5-6,9-16,20,25,28,31,39H,3-4,7-8,17-19,33H2,(H,36,40)(H,37,41)(H,34,35,38)/t25-,28+,31+/m0/s1. The average Bonchev–Trinajstić information content (AvgIpc) is 3.57. The number of thioether (sulfide) groups is 1. The molecule has 11 nitrogen and oxygen atoms in total. The molecule has 0 spiro atoms. The van der Waals surface area contributed by atoms with Gasteiger partial charge in [-0.15, -0.1) is 0 Å². The fourth-order valence-electron chi connectivity index (χ4n) is 4.80. The Morgan fingerprint density at radius 3 is 2.32 bits per heavy atom. The number of ether oxygens (including phenoxy) is 2. The highest BCUT2D eigenvalue weighted by Crippen LogP contribution is 2.39. The third-order valence-corrected chi connectivity index (χ3v) is 8.18. The summed E-state index contributed by atoms with van der Waals surface area (Å²) in [7, 11) is 0. The van der Waals surface area contributed by atoms with Gasteiger partial charge in [-0.05, 0) is 48.2 Å². The minimum atomic E-state index is -0.603. The highest BCUT2D eigenvalue weighted by Gasteiger charge is 2.32. The highest BCUT2D eigenvalue weighted by molar-refractivity contribution is 7.99. The molecule has 0 aliphatic carbocycles. The van der Waals surface area contributed by atoms with Crippen molar-refractivity contribution < 1.29 is 24.2 Å². The first-order valence-corrected chi connectivity index (χ1v) is 15.5. The maximum Gasteiger partial charge on any atom is 0.224 e. The number of hydrogen-bond donors (Lipinski definition) is 5. The molecule has 0 radical (unpaired) electrons. The number of aliphatic hydroxyl groups is 1. The number of nitrogens with two attached hydrogens (primary N) is 1. The Morgan fingerprint density at radius 1 is 0.932 bits per heavy atom. The fraction of sp³-hybridized carbons (Fsp3) is 0.312. The average molecular weight is 617 g/mol. The van der Waals surface area contributed by atoms with Crippen molar-refractivity contribution in [2.24, 2.45) is 0 Å². The van der Waals surface area contributed by atoms with E-state index in [9.17, 15) is 14.7 Å².